The second kappa shape index (κ2) is 11.2. The number of hydrogen-bond acceptors (Lipinski definition) is 4. The average Bonchev–Trinajstić information content (AvgIpc) is 2.46. The summed E-state index contributed by atoms with van der Waals surface area (Å²) in [6.07, 6.45) is 0. The van der Waals surface area contributed by atoms with Crippen molar-refractivity contribution in [2.45, 2.75) is 13.0 Å². The first-order valence-electron chi connectivity index (χ1n) is 6.88. The van der Waals surface area contributed by atoms with Crippen molar-refractivity contribution in [2.75, 3.05) is 46.7 Å². The van der Waals surface area contributed by atoms with Crippen LogP contribution in [-0.2, 0) is 14.2 Å². The highest BCUT2D eigenvalue weighted by atomic mass is 79.9. The number of nitrogens with one attached hydrogen (secondary N) is 1. The van der Waals surface area contributed by atoms with E-state index in [1.54, 1.807) is 7.11 Å². The smallest absolute Gasteiger partial charge is 0.0701 e. The maximum absolute atomic E-state index is 5.49. The molecule has 1 N–H and O–H groups in total. The summed E-state index contributed by atoms with van der Waals surface area (Å²) in [5, 5.41) is 3.44. The van der Waals surface area contributed by atoms with Crippen molar-refractivity contribution in [2.24, 2.45) is 0 Å². The van der Waals surface area contributed by atoms with Gasteiger partial charge >= 0.3 is 0 Å². The quantitative estimate of drug-likeness (QED) is 0.626. The second-order valence-electron chi connectivity index (χ2n) is 4.41. The average molecular weight is 346 g/mol. The van der Waals surface area contributed by atoms with Crippen LogP contribution in [0.3, 0.4) is 0 Å². The second-order valence-corrected chi connectivity index (χ2v) is 5.27. The monoisotopic (exact) mass is 345 g/mol. The van der Waals surface area contributed by atoms with E-state index in [9.17, 15) is 0 Å². The van der Waals surface area contributed by atoms with E-state index in [0.717, 1.165) is 11.0 Å². The van der Waals surface area contributed by atoms with Crippen molar-refractivity contribution in [1.82, 2.24) is 5.32 Å². The van der Waals surface area contributed by atoms with Gasteiger partial charge in [0.2, 0.25) is 0 Å². The van der Waals surface area contributed by atoms with Gasteiger partial charge in [0, 0.05) is 24.2 Å². The van der Waals surface area contributed by atoms with Gasteiger partial charge in [0.25, 0.3) is 0 Å². The molecule has 5 heteroatoms. The number of hydrogen-bond donors (Lipinski definition) is 1. The Hall–Kier alpha value is -0.460. The number of halogens is 1. The normalized spacial score (nSPS) is 12.6. The fourth-order valence-corrected chi connectivity index (χ4v) is 2.38. The van der Waals surface area contributed by atoms with Crippen molar-refractivity contribution in [3.8, 4) is 0 Å². The Kier molecular flexibility index (Phi) is 9.87. The van der Waals surface area contributed by atoms with E-state index in [4.69, 9.17) is 14.2 Å². The first-order valence-corrected chi connectivity index (χ1v) is 7.67. The van der Waals surface area contributed by atoms with Crippen molar-refractivity contribution < 1.29 is 14.2 Å². The number of ether oxygens (including phenoxy) is 3. The zero-order valence-electron chi connectivity index (χ0n) is 12.2. The van der Waals surface area contributed by atoms with Crippen molar-refractivity contribution >= 4 is 15.9 Å². The molecular formula is C15H24BrNO3. The fraction of sp³-hybridized carbons (Fsp3) is 0.600. The van der Waals surface area contributed by atoms with Gasteiger partial charge in [0.1, 0.15) is 0 Å². The van der Waals surface area contributed by atoms with E-state index in [-0.39, 0.29) is 0 Å². The third kappa shape index (κ3) is 7.36. The van der Waals surface area contributed by atoms with Crippen LogP contribution < -0.4 is 5.32 Å². The summed E-state index contributed by atoms with van der Waals surface area (Å²) < 4.78 is 16.8. The van der Waals surface area contributed by atoms with E-state index in [2.05, 4.69) is 40.3 Å². The lowest BCUT2D eigenvalue weighted by Crippen LogP contribution is -2.24. The maximum Gasteiger partial charge on any atom is 0.0701 e. The van der Waals surface area contributed by atoms with Gasteiger partial charge < -0.3 is 19.5 Å². The summed E-state index contributed by atoms with van der Waals surface area (Å²) >= 11 is 3.56. The molecule has 0 aromatic heterocycles. The SMILES string of the molecule is COCCOCCOCCN[C@@H](C)c1ccccc1Br. The van der Waals surface area contributed by atoms with Crippen LogP contribution in [0.15, 0.2) is 28.7 Å². The number of rotatable bonds is 11. The molecule has 4 nitrogen and oxygen atoms in total. The number of methoxy groups -OCH3 is 1. The molecule has 0 aliphatic rings. The molecule has 0 spiro atoms. The van der Waals surface area contributed by atoms with Crippen LogP contribution in [0.1, 0.15) is 18.5 Å². The van der Waals surface area contributed by atoms with Crippen LogP contribution in [-0.4, -0.2) is 46.7 Å². The Morgan fingerprint density at radius 1 is 1.05 bits per heavy atom. The molecule has 114 valence electrons. The van der Waals surface area contributed by atoms with Crippen LogP contribution in [0.25, 0.3) is 0 Å². The molecule has 1 aromatic rings. The Labute approximate surface area is 129 Å². The van der Waals surface area contributed by atoms with E-state index in [0.29, 0.717) is 39.1 Å². The van der Waals surface area contributed by atoms with Gasteiger partial charge in [-0.15, -0.1) is 0 Å². The van der Waals surface area contributed by atoms with Crippen molar-refractivity contribution in [3.05, 3.63) is 34.3 Å². The Morgan fingerprint density at radius 2 is 1.70 bits per heavy atom. The fourth-order valence-electron chi connectivity index (χ4n) is 1.75. The lowest BCUT2D eigenvalue weighted by Gasteiger charge is -2.15. The van der Waals surface area contributed by atoms with Gasteiger partial charge in [-0.3, -0.25) is 0 Å². The summed E-state index contributed by atoms with van der Waals surface area (Å²) in [5.74, 6) is 0. The van der Waals surface area contributed by atoms with Crippen molar-refractivity contribution in [3.63, 3.8) is 0 Å². The molecular weight excluding hydrogens is 322 g/mol. The molecule has 0 saturated carbocycles. The minimum atomic E-state index is 0.298. The molecule has 20 heavy (non-hydrogen) atoms. The molecule has 0 unspecified atom stereocenters. The first-order chi connectivity index (χ1) is 9.75. The van der Waals surface area contributed by atoms with Crippen molar-refractivity contribution in [1.29, 1.82) is 0 Å². The standard InChI is InChI=1S/C15H24BrNO3/c1-13(14-5-3-4-6-15(14)16)17-7-8-19-11-12-20-10-9-18-2/h3-6,13,17H,7-12H2,1-2H3/t13-/m0/s1. The van der Waals surface area contributed by atoms with Crippen LogP contribution in [0.4, 0.5) is 0 Å². The third-order valence-corrected chi connectivity index (χ3v) is 3.59. The largest absolute Gasteiger partial charge is 0.382 e. The summed E-state index contributed by atoms with van der Waals surface area (Å²) in [6.45, 7) is 6.14. The van der Waals surface area contributed by atoms with Crippen LogP contribution in [0, 0.1) is 0 Å². The van der Waals surface area contributed by atoms with E-state index >= 15 is 0 Å². The summed E-state index contributed by atoms with van der Waals surface area (Å²) in [5.41, 5.74) is 1.26. The molecule has 0 bridgehead atoms. The highest BCUT2D eigenvalue weighted by molar-refractivity contribution is 9.10. The highest BCUT2D eigenvalue weighted by Crippen LogP contribution is 2.22. The van der Waals surface area contributed by atoms with E-state index in [1.807, 2.05) is 12.1 Å². The Bertz CT molecular complexity index is 363. The zero-order valence-corrected chi connectivity index (χ0v) is 13.8. The molecule has 1 atom stereocenters. The van der Waals surface area contributed by atoms with E-state index < -0.39 is 0 Å². The van der Waals surface area contributed by atoms with Gasteiger partial charge in [-0.2, -0.15) is 0 Å². The first kappa shape index (κ1) is 17.6. The minimum Gasteiger partial charge on any atom is -0.382 e. The molecule has 0 radical (unpaired) electrons. The maximum atomic E-state index is 5.49. The molecule has 0 fully saturated rings. The molecule has 0 aliphatic carbocycles. The van der Waals surface area contributed by atoms with Gasteiger partial charge in [-0.25, -0.2) is 0 Å². The third-order valence-electron chi connectivity index (χ3n) is 2.87. The summed E-state index contributed by atoms with van der Waals surface area (Å²) in [7, 11) is 1.66. The predicted octanol–water partition coefficient (Wildman–Crippen LogP) is 2.78. The number of benzene rings is 1. The summed E-state index contributed by atoms with van der Waals surface area (Å²) in [4.78, 5) is 0. The van der Waals surface area contributed by atoms with Crippen LogP contribution in [0.2, 0.25) is 0 Å². The van der Waals surface area contributed by atoms with E-state index in [1.165, 1.54) is 5.56 Å². The van der Waals surface area contributed by atoms with Gasteiger partial charge in [-0.1, -0.05) is 34.1 Å². The zero-order chi connectivity index (χ0) is 14.6. The Morgan fingerprint density at radius 3 is 2.40 bits per heavy atom. The lowest BCUT2D eigenvalue weighted by atomic mass is 10.1. The topological polar surface area (TPSA) is 39.7 Å². The molecule has 0 heterocycles. The van der Waals surface area contributed by atoms with Crippen LogP contribution in [0.5, 0.6) is 0 Å². The Balaban J connectivity index is 2.03. The molecule has 0 aliphatic heterocycles. The van der Waals surface area contributed by atoms with Crippen LogP contribution >= 0.6 is 15.9 Å². The van der Waals surface area contributed by atoms with Gasteiger partial charge in [0.05, 0.1) is 33.0 Å². The minimum absolute atomic E-state index is 0.298. The summed E-state index contributed by atoms with van der Waals surface area (Å²) in [6, 6.07) is 8.54. The predicted molar refractivity (Wildman–Crippen MR) is 84.1 cm³/mol. The molecule has 1 aromatic carbocycles. The molecule has 1 rings (SSSR count). The molecule has 0 amide bonds. The lowest BCUT2D eigenvalue weighted by molar-refractivity contribution is 0.0253. The highest BCUT2D eigenvalue weighted by Gasteiger charge is 2.07. The molecule has 0 saturated heterocycles. The van der Waals surface area contributed by atoms with Gasteiger partial charge in [0.15, 0.2) is 0 Å². The van der Waals surface area contributed by atoms with Gasteiger partial charge in [-0.05, 0) is 18.6 Å².